The van der Waals surface area contributed by atoms with E-state index in [0.29, 0.717) is 0 Å². The molecule has 3 aromatic rings. The molecule has 0 bridgehead atoms. The molecule has 1 nitrogen and oxygen atoms in total. The van der Waals surface area contributed by atoms with Gasteiger partial charge in [-0.25, -0.2) is 0 Å². The van der Waals surface area contributed by atoms with Crippen molar-refractivity contribution < 1.29 is 4.52 Å². The zero-order valence-corrected chi connectivity index (χ0v) is 15.6. The van der Waals surface area contributed by atoms with E-state index in [9.17, 15) is 0 Å². The summed E-state index contributed by atoms with van der Waals surface area (Å²) in [6, 6.07) is 32.1. The molecule has 0 radical (unpaired) electrons. The quantitative estimate of drug-likeness (QED) is 0.398. The fourth-order valence-electron chi connectivity index (χ4n) is 3.22. The predicted octanol–water partition coefficient (Wildman–Crippen LogP) is 6.07. The van der Waals surface area contributed by atoms with Gasteiger partial charge in [0.05, 0.1) is 5.16 Å². The van der Waals surface area contributed by atoms with Crippen molar-refractivity contribution >= 4 is 20.6 Å². The molecule has 1 unspecified atom stereocenters. The normalized spacial score (nSPS) is 12.2. The van der Waals surface area contributed by atoms with Crippen LogP contribution in [0, 0.1) is 0 Å². The van der Waals surface area contributed by atoms with Crippen LogP contribution in [0.2, 0.25) is 0 Å². The number of hydrogen-bond donors (Lipinski definition) is 0. The van der Waals surface area contributed by atoms with Crippen LogP contribution in [0.3, 0.4) is 0 Å². The van der Waals surface area contributed by atoms with Gasteiger partial charge in [0, 0.05) is 15.3 Å². The minimum atomic E-state index is -0.755. The van der Waals surface area contributed by atoms with Crippen LogP contribution >= 0.6 is 20.6 Å². The second kappa shape index (κ2) is 8.44. The van der Waals surface area contributed by atoms with E-state index < -0.39 is 8.15 Å². The first-order valence-electron chi connectivity index (χ1n) is 7.74. The van der Waals surface area contributed by atoms with E-state index in [0.717, 1.165) is 0 Å². The zero-order valence-electron chi connectivity index (χ0n) is 13.9. The van der Waals surface area contributed by atoms with Crippen molar-refractivity contribution in [1.82, 2.24) is 0 Å². The van der Waals surface area contributed by atoms with Crippen molar-refractivity contribution in [1.29, 1.82) is 0 Å². The molecule has 0 spiro atoms. The van der Waals surface area contributed by atoms with Gasteiger partial charge in [-0.05, 0) is 23.4 Å². The molecule has 0 aromatic heterocycles. The summed E-state index contributed by atoms with van der Waals surface area (Å²) in [6.07, 6.45) is 0. The Morgan fingerprint density at radius 2 is 0.917 bits per heavy atom. The maximum Gasteiger partial charge on any atom is 0.0891 e. The van der Waals surface area contributed by atoms with E-state index >= 15 is 0 Å². The van der Waals surface area contributed by atoms with Crippen LogP contribution in [0.5, 0.6) is 0 Å². The Balaban J connectivity index is 0.00000208. The minimum absolute atomic E-state index is 0. The first-order valence-corrected chi connectivity index (χ1v) is 9.45. The Morgan fingerprint density at radius 3 is 1.17 bits per heavy atom. The first kappa shape index (κ1) is 18.7. The lowest BCUT2D eigenvalue weighted by atomic mass is 9.84. The van der Waals surface area contributed by atoms with Gasteiger partial charge in [-0.15, -0.1) is 12.4 Å². The fraction of sp³-hybridized carbons (Fsp3) is 0.143. The maximum absolute atomic E-state index is 5.94. The summed E-state index contributed by atoms with van der Waals surface area (Å²) >= 11 is 0. The Bertz CT molecular complexity index is 635. The molecular weight excluding hydrogens is 335 g/mol. The van der Waals surface area contributed by atoms with E-state index in [-0.39, 0.29) is 17.6 Å². The molecule has 124 valence electrons. The zero-order chi connectivity index (χ0) is 16.1. The Hall–Kier alpha value is -1.66. The van der Waals surface area contributed by atoms with Gasteiger partial charge in [-0.3, -0.25) is 0 Å². The van der Waals surface area contributed by atoms with Gasteiger partial charge in [-0.1, -0.05) is 91.0 Å². The third kappa shape index (κ3) is 3.26. The molecule has 0 aliphatic carbocycles. The second-order valence-corrected chi connectivity index (χ2v) is 7.52. The van der Waals surface area contributed by atoms with Gasteiger partial charge in [0.2, 0.25) is 0 Å². The van der Waals surface area contributed by atoms with E-state index in [4.69, 9.17) is 4.52 Å². The summed E-state index contributed by atoms with van der Waals surface area (Å²) in [5.41, 5.74) is 3.81. The third-order valence-corrected chi connectivity index (χ3v) is 6.59. The highest BCUT2D eigenvalue weighted by Gasteiger charge is 2.42. The van der Waals surface area contributed by atoms with Gasteiger partial charge >= 0.3 is 0 Å². The molecule has 1 atom stereocenters. The lowest BCUT2D eigenvalue weighted by Crippen LogP contribution is -2.27. The largest absolute Gasteiger partial charge is 0.361 e. The van der Waals surface area contributed by atoms with Gasteiger partial charge in [0.1, 0.15) is 0 Å². The van der Waals surface area contributed by atoms with Crippen molar-refractivity contribution in [2.24, 2.45) is 0 Å². The SMILES string of the molecule is COP(C)C(c1ccccc1)(c1ccccc1)c1ccccc1.Cl. The van der Waals surface area contributed by atoms with E-state index in [1.54, 1.807) is 0 Å². The summed E-state index contributed by atoms with van der Waals surface area (Å²) in [6.45, 7) is 2.21. The number of halogens is 1. The average molecular weight is 357 g/mol. The molecule has 0 amide bonds. The standard InChI is InChI=1S/C21H21OP.ClH/c1-22-23(2)21(18-12-6-3-7-13-18,19-14-8-4-9-15-19)20-16-10-5-11-17-20;/h3-17H,1-2H3;1H. The lowest BCUT2D eigenvalue weighted by Gasteiger charge is -2.40. The van der Waals surface area contributed by atoms with Crippen molar-refractivity contribution in [3.63, 3.8) is 0 Å². The molecule has 3 aromatic carbocycles. The molecule has 3 rings (SSSR count). The third-order valence-electron chi connectivity index (χ3n) is 4.32. The van der Waals surface area contributed by atoms with Crippen LogP contribution < -0.4 is 0 Å². The summed E-state index contributed by atoms with van der Waals surface area (Å²) in [5.74, 6) is 0. The highest BCUT2D eigenvalue weighted by atomic mass is 35.5. The summed E-state index contributed by atoms with van der Waals surface area (Å²) in [7, 11) is 1.06. The number of rotatable bonds is 5. The number of benzene rings is 3. The van der Waals surface area contributed by atoms with Crippen LogP contribution in [-0.4, -0.2) is 13.8 Å². The lowest BCUT2D eigenvalue weighted by molar-refractivity contribution is 0.450. The van der Waals surface area contributed by atoms with Crippen LogP contribution in [0.15, 0.2) is 91.0 Å². The van der Waals surface area contributed by atoms with Crippen LogP contribution in [0.25, 0.3) is 0 Å². The molecule has 0 saturated carbocycles. The van der Waals surface area contributed by atoms with Crippen LogP contribution in [0.1, 0.15) is 16.7 Å². The van der Waals surface area contributed by atoms with E-state index in [2.05, 4.69) is 97.7 Å². The molecule has 0 aliphatic rings. The highest BCUT2D eigenvalue weighted by molar-refractivity contribution is 7.53. The molecule has 0 saturated heterocycles. The predicted molar refractivity (Wildman–Crippen MR) is 106 cm³/mol. The summed E-state index contributed by atoms with van der Waals surface area (Å²) < 4.78 is 5.94. The van der Waals surface area contributed by atoms with Crippen molar-refractivity contribution in [3.8, 4) is 0 Å². The second-order valence-electron chi connectivity index (χ2n) is 5.49. The highest BCUT2D eigenvalue weighted by Crippen LogP contribution is 2.61. The Morgan fingerprint density at radius 1 is 0.625 bits per heavy atom. The molecule has 0 N–H and O–H groups in total. The molecule has 24 heavy (non-hydrogen) atoms. The smallest absolute Gasteiger partial charge is 0.0891 e. The Kier molecular flexibility index (Phi) is 6.57. The van der Waals surface area contributed by atoms with Gasteiger partial charge < -0.3 is 4.52 Å². The summed E-state index contributed by atoms with van der Waals surface area (Å²) in [5, 5.41) is -0.270. The minimum Gasteiger partial charge on any atom is -0.361 e. The van der Waals surface area contributed by atoms with Crippen molar-refractivity contribution in [3.05, 3.63) is 108 Å². The Labute approximate surface area is 151 Å². The van der Waals surface area contributed by atoms with Gasteiger partial charge in [0.25, 0.3) is 0 Å². The van der Waals surface area contributed by atoms with Crippen molar-refractivity contribution in [2.45, 2.75) is 5.16 Å². The first-order chi connectivity index (χ1) is 11.3. The monoisotopic (exact) mass is 356 g/mol. The molecular formula is C21H22ClOP. The molecule has 3 heteroatoms. The van der Waals surface area contributed by atoms with Crippen molar-refractivity contribution in [2.75, 3.05) is 13.8 Å². The molecule has 0 aliphatic heterocycles. The topological polar surface area (TPSA) is 9.23 Å². The van der Waals surface area contributed by atoms with Gasteiger partial charge in [0.15, 0.2) is 0 Å². The van der Waals surface area contributed by atoms with E-state index in [1.807, 2.05) is 7.11 Å². The molecule has 0 fully saturated rings. The maximum atomic E-state index is 5.94. The van der Waals surface area contributed by atoms with E-state index in [1.165, 1.54) is 16.7 Å². The fourth-order valence-corrected chi connectivity index (χ4v) is 5.03. The van der Waals surface area contributed by atoms with Gasteiger partial charge in [-0.2, -0.15) is 0 Å². The average Bonchev–Trinajstić information content (AvgIpc) is 2.65. The van der Waals surface area contributed by atoms with Crippen LogP contribution in [0.4, 0.5) is 0 Å². The number of hydrogen-bond acceptors (Lipinski definition) is 1. The molecule has 0 heterocycles. The van der Waals surface area contributed by atoms with Crippen LogP contribution in [-0.2, 0) is 9.68 Å². The summed E-state index contributed by atoms with van der Waals surface area (Å²) in [4.78, 5) is 0.